The molecule has 2 aromatic heterocycles. The number of benzene rings is 2. The van der Waals surface area contributed by atoms with Crippen LogP contribution in [0.4, 0.5) is 46.7 Å². The molecule has 0 radical (unpaired) electrons. The lowest BCUT2D eigenvalue weighted by Crippen LogP contribution is -2.50. The average molecular weight is 598 g/mol. The van der Waals surface area contributed by atoms with Gasteiger partial charge in [-0.1, -0.05) is 0 Å². The number of aromatic nitrogens is 3. The molecule has 3 heterocycles. The van der Waals surface area contributed by atoms with Crippen molar-refractivity contribution in [1.29, 1.82) is 0 Å². The minimum absolute atomic E-state index is 0.0470. The standard InChI is InChI=1S/C29H30F3N7O4/c1-29(2,3)43-28(41)39-11-9-38(10-12-39)17-5-7-19(21(14-17)42-4)35-26-23-16(15-33-37-27(23)40)13-22(36-26)34-20-8-6-18(30)24(31)25(20)32/h5-8,13-15H,9-12H2,1-4H3,(H,37,40)(H2,34,35,36). The topological polar surface area (TPSA) is 125 Å². The van der Waals surface area contributed by atoms with E-state index in [0.717, 1.165) is 17.8 Å². The van der Waals surface area contributed by atoms with Gasteiger partial charge in [0.05, 0.1) is 30.1 Å². The smallest absolute Gasteiger partial charge is 0.410 e. The number of hydrogen-bond acceptors (Lipinski definition) is 9. The number of methoxy groups -OCH3 is 1. The van der Waals surface area contributed by atoms with Gasteiger partial charge in [-0.25, -0.2) is 28.0 Å². The number of nitrogens with one attached hydrogen (secondary N) is 3. The summed E-state index contributed by atoms with van der Waals surface area (Å²) in [5.41, 5.74) is -0.119. The van der Waals surface area contributed by atoms with Gasteiger partial charge in [-0.15, -0.1) is 0 Å². The number of halogens is 3. The number of hydrogen-bond donors (Lipinski definition) is 3. The van der Waals surface area contributed by atoms with Crippen molar-refractivity contribution >= 4 is 45.6 Å². The van der Waals surface area contributed by atoms with Crippen LogP contribution in [0, 0.1) is 17.5 Å². The zero-order valence-corrected chi connectivity index (χ0v) is 23.9. The first kappa shape index (κ1) is 29.5. The van der Waals surface area contributed by atoms with Crippen LogP contribution in [0.15, 0.2) is 47.4 Å². The lowest BCUT2D eigenvalue weighted by atomic mass is 10.2. The van der Waals surface area contributed by atoms with Gasteiger partial charge in [0.25, 0.3) is 5.56 Å². The molecule has 43 heavy (non-hydrogen) atoms. The maximum atomic E-state index is 14.4. The van der Waals surface area contributed by atoms with E-state index in [1.807, 2.05) is 32.9 Å². The monoisotopic (exact) mass is 597 g/mol. The van der Waals surface area contributed by atoms with Gasteiger partial charge in [0.2, 0.25) is 0 Å². The van der Waals surface area contributed by atoms with Gasteiger partial charge in [-0.3, -0.25) is 4.79 Å². The SMILES string of the molecule is COc1cc(N2CCN(C(=O)OC(C)(C)C)CC2)ccc1Nc1nc(Nc2ccc(F)c(F)c2F)cc2cn[nH]c(=O)c12. The minimum Gasteiger partial charge on any atom is -0.494 e. The predicted octanol–water partition coefficient (Wildman–Crippen LogP) is 5.29. The number of pyridine rings is 1. The van der Waals surface area contributed by atoms with Gasteiger partial charge >= 0.3 is 6.09 Å². The lowest BCUT2D eigenvalue weighted by molar-refractivity contribution is 0.0240. The number of carbonyl (C=O) groups is 1. The van der Waals surface area contributed by atoms with E-state index in [-0.39, 0.29) is 28.8 Å². The summed E-state index contributed by atoms with van der Waals surface area (Å²) in [6.07, 6.45) is 1.03. The normalized spacial score (nSPS) is 13.7. The molecular weight excluding hydrogens is 567 g/mol. The molecule has 226 valence electrons. The lowest BCUT2D eigenvalue weighted by Gasteiger charge is -2.37. The number of rotatable bonds is 6. The van der Waals surface area contributed by atoms with Crippen LogP contribution >= 0.6 is 0 Å². The zero-order chi connectivity index (χ0) is 30.9. The van der Waals surface area contributed by atoms with Gasteiger partial charge in [0, 0.05) is 43.3 Å². The van der Waals surface area contributed by atoms with Gasteiger partial charge in [-0.2, -0.15) is 5.10 Å². The summed E-state index contributed by atoms with van der Waals surface area (Å²) in [6, 6.07) is 8.70. The van der Waals surface area contributed by atoms with Crippen LogP contribution < -0.4 is 25.8 Å². The van der Waals surface area contributed by atoms with E-state index in [1.165, 1.54) is 19.4 Å². The van der Waals surface area contributed by atoms with E-state index in [2.05, 4.69) is 30.7 Å². The first-order valence-corrected chi connectivity index (χ1v) is 13.4. The fourth-order valence-electron chi connectivity index (χ4n) is 4.62. The summed E-state index contributed by atoms with van der Waals surface area (Å²) in [4.78, 5) is 33.3. The van der Waals surface area contributed by atoms with Crippen molar-refractivity contribution < 1.29 is 27.4 Å². The van der Waals surface area contributed by atoms with Crippen molar-refractivity contribution in [2.45, 2.75) is 26.4 Å². The van der Waals surface area contributed by atoms with E-state index < -0.39 is 28.6 Å². The van der Waals surface area contributed by atoms with Crippen molar-refractivity contribution in [3.05, 3.63) is 70.4 Å². The summed E-state index contributed by atoms with van der Waals surface area (Å²) in [5.74, 6) is -3.79. The Morgan fingerprint density at radius 2 is 1.70 bits per heavy atom. The number of H-pyrrole nitrogens is 1. The molecule has 0 unspecified atom stereocenters. The average Bonchev–Trinajstić information content (AvgIpc) is 2.97. The highest BCUT2D eigenvalue weighted by Gasteiger charge is 2.26. The number of anilines is 5. The first-order chi connectivity index (χ1) is 20.4. The third kappa shape index (κ3) is 6.42. The Labute approximate surface area is 244 Å². The number of carbonyl (C=O) groups excluding carboxylic acids is 1. The van der Waals surface area contributed by atoms with Crippen molar-refractivity contribution in [1.82, 2.24) is 20.1 Å². The third-order valence-corrected chi connectivity index (χ3v) is 6.68. The molecule has 0 saturated carbocycles. The van der Waals surface area contributed by atoms with Crippen LogP contribution in [0.5, 0.6) is 5.75 Å². The number of aromatic amines is 1. The molecule has 14 heteroatoms. The highest BCUT2D eigenvalue weighted by molar-refractivity contribution is 5.95. The molecule has 1 amide bonds. The highest BCUT2D eigenvalue weighted by Crippen LogP contribution is 2.34. The number of fused-ring (bicyclic) bond motifs is 1. The second kappa shape index (κ2) is 11.7. The first-order valence-electron chi connectivity index (χ1n) is 13.4. The van der Waals surface area contributed by atoms with Crippen molar-refractivity contribution in [2.75, 3.05) is 48.8 Å². The number of nitrogens with zero attached hydrogens (tertiary/aromatic N) is 4. The number of piperazine rings is 1. The van der Waals surface area contributed by atoms with Gasteiger partial charge in [0.15, 0.2) is 17.5 Å². The van der Waals surface area contributed by atoms with Gasteiger partial charge in [0.1, 0.15) is 23.0 Å². The predicted molar refractivity (Wildman–Crippen MR) is 156 cm³/mol. The van der Waals surface area contributed by atoms with Gasteiger partial charge < -0.3 is 29.9 Å². The Bertz CT molecular complexity index is 1730. The van der Waals surface area contributed by atoms with E-state index in [1.54, 1.807) is 11.0 Å². The van der Waals surface area contributed by atoms with E-state index in [4.69, 9.17) is 9.47 Å². The molecule has 0 bridgehead atoms. The van der Waals surface area contributed by atoms with E-state index in [9.17, 15) is 22.8 Å². The summed E-state index contributed by atoms with van der Waals surface area (Å²) >= 11 is 0. The molecule has 0 atom stereocenters. The van der Waals surface area contributed by atoms with Crippen LogP contribution in [-0.2, 0) is 4.74 Å². The maximum absolute atomic E-state index is 14.4. The third-order valence-electron chi connectivity index (χ3n) is 6.68. The van der Waals surface area contributed by atoms with Crippen LogP contribution in [0.2, 0.25) is 0 Å². The van der Waals surface area contributed by atoms with E-state index >= 15 is 0 Å². The van der Waals surface area contributed by atoms with Crippen LogP contribution in [-0.4, -0.2) is 65.1 Å². The Morgan fingerprint density at radius 3 is 2.40 bits per heavy atom. The minimum atomic E-state index is -1.63. The fourth-order valence-corrected chi connectivity index (χ4v) is 4.62. The van der Waals surface area contributed by atoms with Crippen molar-refractivity contribution in [2.24, 2.45) is 0 Å². The summed E-state index contributed by atoms with van der Waals surface area (Å²) in [5, 5.41) is 12.4. The Morgan fingerprint density at radius 1 is 0.977 bits per heavy atom. The summed E-state index contributed by atoms with van der Waals surface area (Å²) < 4.78 is 52.7. The van der Waals surface area contributed by atoms with Crippen molar-refractivity contribution in [3.63, 3.8) is 0 Å². The van der Waals surface area contributed by atoms with Crippen LogP contribution in [0.3, 0.4) is 0 Å². The molecule has 5 rings (SSSR count). The second-order valence-corrected chi connectivity index (χ2v) is 10.8. The summed E-state index contributed by atoms with van der Waals surface area (Å²) in [6.45, 7) is 7.62. The number of ether oxygens (including phenoxy) is 2. The molecular formula is C29H30F3N7O4. The molecule has 1 aliphatic rings. The molecule has 3 N–H and O–H groups in total. The second-order valence-electron chi connectivity index (χ2n) is 10.8. The molecule has 1 fully saturated rings. The molecule has 0 aliphatic carbocycles. The Kier molecular flexibility index (Phi) is 8.02. The van der Waals surface area contributed by atoms with Crippen LogP contribution in [0.1, 0.15) is 20.8 Å². The van der Waals surface area contributed by atoms with Crippen LogP contribution in [0.25, 0.3) is 10.8 Å². The Hall–Kier alpha value is -5.01. The summed E-state index contributed by atoms with van der Waals surface area (Å²) in [7, 11) is 1.50. The zero-order valence-electron chi connectivity index (χ0n) is 23.9. The fraction of sp³-hybridized carbons (Fsp3) is 0.310. The molecule has 4 aromatic rings. The molecule has 0 spiro atoms. The van der Waals surface area contributed by atoms with Crippen molar-refractivity contribution in [3.8, 4) is 5.75 Å². The largest absolute Gasteiger partial charge is 0.494 e. The Balaban J connectivity index is 1.40. The van der Waals surface area contributed by atoms with E-state index in [0.29, 0.717) is 43.0 Å². The number of amides is 1. The highest BCUT2D eigenvalue weighted by atomic mass is 19.2. The quantitative estimate of drug-likeness (QED) is 0.254. The molecule has 2 aromatic carbocycles. The molecule has 11 nitrogen and oxygen atoms in total. The molecule has 1 saturated heterocycles. The maximum Gasteiger partial charge on any atom is 0.410 e. The van der Waals surface area contributed by atoms with Gasteiger partial charge in [-0.05, 0) is 51.1 Å². The molecule has 1 aliphatic heterocycles.